The lowest BCUT2D eigenvalue weighted by Gasteiger charge is -2.34. The molecule has 1 aliphatic heterocycles. The second-order valence-electron chi connectivity index (χ2n) is 8.30. The number of carbonyl (C=O) groups is 1. The molecule has 168 valence electrons. The van der Waals surface area contributed by atoms with Gasteiger partial charge in [0.25, 0.3) is 5.91 Å². The monoisotopic (exact) mass is 443 g/mol. The van der Waals surface area contributed by atoms with Gasteiger partial charge in [-0.05, 0) is 53.9 Å². The largest absolute Gasteiger partial charge is 0.490 e. The minimum absolute atomic E-state index is 0.125. The quantitative estimate of drug-likeness (QED) is 0.470. The Balaban J connectivity index is 1.31. The van der Waals surface area contributed by atoms with Crippen molar-refractivity contribution in [3.05, 3.63) is 71.3 Å². The highest BCUT2D eigenvalue weighted by Crippen LogP contribution is 2.28. The summed E-state index contributed by atoms with van der Waals surface area (Å²) in [5, 5.41) is 16.6. The van der Waals surface area contributed by atoms with E-state index in [4.69, 9.17) is 10.5 Å². The van der Waals surface area contributed by atoms with Crippen molar-refractivity contribution >= 4 is 22.6 Å². The number of benzene rings is 1. The fraction of sp³-hybridized carbons (Fsp3) is 0.292. The Morgan fingerprint density at radius 3 is 2.73 bits per heavy atom. The number of pyridine rings is 1. The van der Waals surface area contributed by atoms with Crippen LogP contribution in [0.15, 0.2) is 48.9 Å². The number of carbonyl (C=O) groups excluding carboxylic acids is 1. The predicted octanol–water partition coefficient (Wildman–Crippen LogP) is 2.79. The molecule has 0 radical (unpaired) electrons. The predicted molar refractivity (Wildman–Crippen MR) is 124 cm³/mol. The Kier molecular flexibility index (Phi) is 5.60. The number of piperidine rings is 1. The first-order valence-corrected chi connectivity index (χ1v) is 11.0. The van der Waals surface area contributed by atoms with Gasteiger partial charge in [0.2, 0.25) is 0 Å². The third-order valence-electron chi connectivity index (χ3n) is 6.14. The van der Waals surface area contributed by atoms with Gasteiger partial charge in [-0.1, -0.05) is 0 Å². The molecule has 0 bridgehead atoms. The lowest BCUT2D eigenvalue weighted by Crippen LogP contribution is -2.39. The van der Waals surface area contributed by atoms with Crippen LogP contribution in [0, 0.1) is 6.92 Å². The van der Waals surface area contributed by atoms with E-state index in [2.05, 4.69) is 30.3 Å². The lowest BCUT2D eigenvalue weighted by molar-refractivity contribution is 0.0993. The molecule has 3 aromatic heterocycles. The molecule has 3 N–H and O–H groups in total. The molecule has 0 spiro atoms. The molecular weight excluding hydrogens is 418 g/mol. The van der Waals surface area contributed by atoms with E-state index in [9.17, 15) is 4.79 Å². The number of aromatic amines is 1. The minimum atomic E-state index is -0.567. The van der Waals surface area contributed by atoms with Crippen LogP contribution in [0.4, 0.5) is 5.82 Å². The summed E-state index contributed by atoms with van der Waals surface area (Å²) in [6, 6.07) is 9.81. The number of aromatic nitrogens is 5. The van der Waals surface area contributed by atoms with Crippen molar-refractivity contribution in [3.63, 3.8) is 0 Å². The first-order valence-electron chi connectivity index (χ1n) is 11.0. The molecule has 9 heteroatoms. The van der Waals surface area contributed by atoms with Gasteiger partial charge in [0.1, 0.15) is 11.9 Å². The summed E-state index contributed by atoms with van der Waals surface area (Å²) >= 11 is 0. The molecule has 0 atom stereocenters. The molecule has 4 aromatic rings. The summed E-state index contributed by atoms with van der Waals surface area (Å²) < 4.78 is 6.23. The number of rotatable bonds is 6. The summed E-state index contributed by atoms with van der Waals surface area (Å²) in [6.07, 6.45) is 7.67. The lowest BCUT2D eigenvalue weighted by atomic mass is 9.99. The van der Waals surface area contributed by atoms with Crippen LogP contribution in [0.5, 0.6) is 5.75 Å². The SMILES string of the molecule is Cc1c(N2CCC(Oc3ccc4[nH]ncc4c3)CC2)nnc(C(N)=O)c1Cc1ccncc1. The minimum Gasteiger partial charge on any atom is -0.490 e. The maximum absolute atomic E-state index is 12.0. The molecule has 4 heterocycles. The van der Waals surface area contributed by atoms with Crippen molar-refractivity contribution < 1.29 is 9.53 Å². The van der Waals surface area contributed by atoms with Crippen LogP contribution in [0.3, 0.4) is 0 Å². The Bertz CT molecular complexity index is 1280. The number of ether oxygens (including phenoxy) is 1. The van der Waals surface area contributed by atoms with Gasteiger partial charge in [-0.25, -0.2) is 0 Å². The van der Waals surface area contributed by atoms with Crippen LogP contribution in [0.1, 0.15) is 40.0 Å². The summed E-state index contributed by atoms with van der Waals surface area (Å²) in [7, 11) is 0. The molecule has 0 unspecified atom stereocenters. The second-order valence-corrected chi connectivity index (χ2v) is 8.30. The molecule has 5 rings (SSSR count). The van der Waals surface area contributed by atoms with Gasteiger partial charge in [-0.15, -0.1) is 10.2 Å². The normalized spacial score (nSPS) is 14.5. The smallest absolute Gasteiger partial charge is 0.269 e. The number of nitrogens with zero attached hydrogens (tertiary/aromatic N) is 5. The number of primary amides is 1. The number of amides is 1. The zero-order valence-corrected chi connectivity index (χ0v) is 18.4. The number of anilines is 1. The molecule has 1 fully saturated rings. The Labute approximate surface area is 191 Å². The Morgan fingerprint density at radius 1 is 1.18 bits per heavy atom. The number of hydrogen-bond donors (Lipinski definition) is 2. The van der Waals surface area contributed by atoms with E-state index in [0.717, 1.165) is 65.1 Å². The van der Waals surface area contributed by atoms with E-state index in [1.54, 1.807) is 18.6 Å². The van der Waals surface area contributed by atoms with Crippen LogP contribution in [0.25, 0.3) is 10.9 Å². The highest BCUT2D eigenvalue weighted by molar-refractivity contribution is 5.93. The van der Waals surface area contributed by atoms with E-state index in [-0.39, 0.29) is 11.8 Å². The van der Waals surface area contributed by atoms with Crippen molar-refractivity contribution in [2.75, 3.05) is 18.0 Å². The summed E-state index contributed by atoms with van der Waals surface area (Å²) in [5.74, 6) is 1.08. The van der Waals surface area contributed by atoms with Gasteiger partial charge in [0.05, 0.1) is 11.7 Å². The van der Waals surface area contributed by atoms with E-state index in [0.29, 0.717) is 6.42 Å². The fourth-order valence-corrected chi connectivity index (χ4v) is 4.34. The fourth-order valence-electron chi connectivity index (χ4n) is 4.34. The zero-order chi connectivity index (χ0) is 22.8. The van der Waals surface area contributed by atoms with Crippen molar-refractivity contribution in [1.29, 1.82) is 0 Å². The van der Waals surface area contributed by atoms with E-state index in [1.807, 2.05) is 37.3 Å². The van der Waals surface area contributed by atoms with Crippen molar-refractivity contribution in [2.24, 2.45) is 5.73 Å². The van der Waals surface area contributed by atoms with Gasteiger partial charge in [-0.2, -0.15) is 5.10 Å². The summed E-state index contributed by atoms with van der Waals surface area (Å²) in [5.41, 5.74) is 9.59. The maximum atomic E-state index is 12.0. The Morgan fingerprint density at radius 2 is 1.97 bits per heavy atom. The second kappa shape index (κ2) is 8.85. The molecule has 9 nitrogen and oxygen atoms in total. The number of nitrogens with two attached hydrogens (primary N) is 1. The number of H-pyrrole nitrogens is 1. The first kappa shape index (κ1) is 20.9. The molecular formula is C24H25N7O2. The molecule has 33 heavy (non-hydrogen) atoms. The van der Waals surface area contributed by atoms with Crippen molar-refractivity contribution in [3.8, 4) is 5.75 Å². The van der Waals surface area contributed by atoms with Gasteiger partial charge in [-0.3, -0.25) is 14.9 Å². The molecule has 1 aromatic carbocycles. The molecule has 0 saturated carbocycles. The molecule has 1 aliphatic rings. The number of nitrogens with one attached hydrogen (secondary N) is 1. The van der Waals surface area contributed by atoms with Gasteiger partial charge < -0.3 is 15.4 Å². The number of hydrogen-bond acceptors (Lipinski definition) is 7. The van der Waals surface area contributed by atoms with E-state index >= 15 is 0 Å². The van der Waals surface area contributed by atoms with Crippen LogP contribution in [-0.4, -0.2) is 50.5 Å². The van der Waals surface area contributed by atoms with Crippen LogP contribution in [-0.2, 0) is 6.42 Å². The van der Waals surface area contributed by atoms with Gasteiger partial charge in [0, 0.05) is 50.1 Å². The topological polar surface area (TPSA) is 123 Å². The van der Waals surface area contributed by atoms with Crippen molar-refractivity contribution in [2.45, 2.75) is 32.3 Å². The number of fused-ring (bicyclic) bond motifs is 1. The van der Waals surface area contributed by atoms with E-state index < -0.39 is 5.91 Å². The van der Waals surface area contributed by atoms with Crippen LogP contribution >= 0.6 is 0 Å². The highest BCUT2D eigenvalue weighted by Gasteiger charge is 2.26. The highest BCUT2D eigenvalue weighted by atomic mass is 16.5. The maximum Gasteiger partial charge on any atom is 0.269 e. The van der Waals surface area contributed by atoms with Crippen LogP contribution < -0.4 is 15.4 Å². The van der Waals surface area contributed by atoms with Crippen LogP contribution in [0.2, 0.25) is 0 Å². The van der Waals surface area contributed by atoms with Crippen molar-refractivity contribution in [1.82, 2.24) is 25.4 Å². The summed E-state index contributed by atoms with van der Waals surface area (Å²) in [4.78, 5) is 18.3. The average molecular weight is 444 g/mol. The first-order chi connectivity index (χ1) is 16.1. The molecule has 1 amide bonds. The van der Waals surface area contributed by atoms with E-state index in [1.165, 1.54) is 0 Å². The summed E-state index contributed by atoms with van der Waals surface area (Å²) in [6.45, 7) is 3.56. The average Bonchev–Trinajstić information content (AvgIpc) is 3.29. The third kappa shape index (κ3) is 4.34. The third-order valence-corrected chi connectivity index (χ3v) is 6.14. The Hall–Kier alpha value is -4.01. The zero-order valence-electron chi connectivity index (χ0n) is 18.4. The van der Waals surface area contributed by atoms with Gasteiger partial charge in [0.15, 0.2) is 11.5 Å². The molecule has 1 saturated heterocycles. The van der Waals surface area contributed by atoms with Gasteiger partial charge >= 0.3 is 0 Å². The standard InChI is InChI=1S/C24H25N7O2/c1-15-20(12-16-4-8-26-9-5-16)22(23(25)32)29-30-24(15)31-10-6-18(7-11-31)33-19-2-3-21-17(13-19)14-27-28-21/h2-5,8-9,13-14,18H,6-7,10-12H2,1H3,(H2,25,32)(H,27,28). The molecule has 0 aliphatic carbocycles.